The summed E-state index contributed by atoms with van der Waals surface area (Å²) >= 11 is 0. The fourth-order valence-corrected chi connectivity index (χ4v) is 1.45. The summed E-state index contributed by atoms with van der Waals surface area (Å²) in [6.45, 7) is 0.336. The van der Waals surface area contributed by atoms with Gasteiger partial charge in [0.25, 0.3) is 0 Å². The zero-order valence-electron chi connectivity index (χ0n) is 10.9. The lowest BCUT2D eigenvalue weighted by molar-refractivity contribution is -0.137. The summed E-state index contributed by atoms with van der Waals surface area (Å²) < 4.78 is 4.86. The first-order valence-corrected chi connectivity index (χ1v) is 5.59. The molecule has 0 unspecified atom stereocenters. The van der Waals surface area contributed by atoms with Gasteiger partial charge in [-0.1, -0.05) is 0 Å². The van der Waals surface area contributed by atoms with Crippen LogP contribution in [0.25, 0.3) is 0 Å². The quantitative estimate of drug-likeness (QED) is 0.684. The maximum atomic E-state index is 12.1. The fraction of sp³-hybridized carbons (Fsp3) is 0.600. The largest absolute Gasteiger partial charge is 0.480 e. The van der Waals surface area contributed by atoms with Crippen molar-refractivity contribution in [3.63, 3.8) is 0 Å². The summed E-state index contributed by atoms with van der Waals surface area (Å²) in [4.78, 5) is 29.3. The van der Waals surface area contributed by atoms with E-state index >= 15 is 0 Å². The van der Waals surface area contributed by atoms with Crippen LogP contribution in [0.15, 0.2) is 6.33 Å². The molecule has 19 heavy (non-hydrogen) atoms. The zero-order valence-corrected chi connectivity index (χ0v) is 10.9. The molecule has 0 aliphatic rings. The van der Waals surface area contributed by atoms with Crippen LogP contribution in [0, 0.1) is 0 Å². The third-order valence-corrected chi connectivity index (χ3v) is 2.34. The number of hydrogen-bond donors (Lipinski definition) is 2. The van der Waals surface area contributed by atoms with Crippen molar-refractivity contribution >= 4 is 12.0 Å². The van der Waals surface area contributed by atoms with Gasteiger partial charge in [0, 0.05) is 20.7 Å². The van der Waals surface area contributed by atoms with Crippen molar-refractivity contribution in [2.24, 2.45) is 0 Å². The van der Waals surface area contributed by atoms with Crippen LogP contribution in [0.5, 0.6) is 0 Å². The van der Waals surface area contributed by atoms with Gasteiger partial charge in [-0.05, 0) is 0 Å². The molecule has 1 aromatic heterocycles. The Hall–Kier alpha value is -2.16. The van der Waals surface area contributed by atoms with E-state index in [2.05, 4.69) is 15.2 Å². The van der Waals surface area contributed by atoms with E-state index < -0.39 is 12.0 Å². The summed E-state index contributed by atoms with van der Waals surface area (Å²) in [5, 5.41) is 15.1. The van der Waals surface area contributed by atoms with Crippen molar-refractivity contribution in [2.45, 2.75) is 6.54 Å². The third kappa shape index (κ3) is 4.92. The van der Waals surface area contributed by atoms with Crippen LogP contribution < -0.4 is 0 Å². The van der Waals surface area contributed by atoms with Crippen LogP contribution in [0.3, 0.4) is 0 Å². The zero-order chi connectivity index (χ0) is 14.3. The summed E-state index contributed by atoms with van der Waals surface area (Å²) in [6, 6.07) is -0.407. The lowest BCUT2D eigenvalue weighted by Crippen LogP contribution is -2.45. The second-order valence-electron chi connectivity index (χ2n) is 3.88. The Morgan fingerprint density at radius 3 is 2.79 bits per heavy atom. The number of carbonyl (C=O) groups is 2. The van der Waals surface area contributed by atoms with Gasteiger partial charge in [0.05, 0.1) is 13.2 Å². The lowest BCUT2D eigenvalue weighted by atomic mass is 10.4. The molecule has 106 valence electrons. The maximum Gasteiger partial charge on any atom is 0.323 e. The van der Waals surface area contributed by atoms with E-state index in [4.69, 9.17) is 9.84 Å². The topological polar surface area (TPSA) is 112 Å². The number of carbonyl (C=O) groups excluding carboxylic acids is 1. The van der Waals surface area contributed by atoms with Gasteiger partial charge in [0.15, 0.2) is 0 Å². The lowest BCUT2D eigenvalue weighted by Gasteiger charge is -2.26. The van der Waals surface area contributed by atoms with E-state index in [0.717, 1.165) is 0 Å². The van der Waals surface area contributed by atoms with Gasteiger partial charge in [0.1, 0.15) is 18.7 Å². The van der Waals surface area contributed by atoms with Crippen molar-refractivity contribution in [2.75, 3.05) is 33.9 Å². The fourth-order valence-electron chi connectivity index (χ4n) is 1.45. The molecule has 9 nitrogen and oxygen atoms in total. The summed E-state index contributed by atoms with van der Waals surface area (Å²) in [5.74, 6) is -0.546. The Kier molecular flexibility index (Phi) is 5.73. The predicted octanol–water partition coefficient (Wildman–Crippen LogP) is -0.610. The van der Waals surface area contributed by atoms with E-state index in [1.807, 2.05) is 0 Å². The first kappa shape index (κ1) is 14.9. The first-order valence-electron chi connectivity index (χ1n) is 5.59. The number of carboxylic acid groups (broad SMARTS) is 1. The Balaban J connectivity index is 2.60. The van der Waals surface area contributed by atoms with Gasteiger partial charge in [-0.3, -0.25) is 9.89 Å². The van der Waals surface area contributed by atoms with Crippen LogP contribution in [-0.2, 0) is 16.1 Å². The molecule has 1 rings (SSSR count). The summed E-state index contributed by atoms with van der Waals surface area (Å²) in [5.41, 5.74) is 0. The Morgan fingerprint density at radius 1 is 1.53 bits per heavy atom. The average Bonchev–Trinajstić information content (AvgIpc) is 2.85. The van der Waals surface area contributed by atoms with Crippen molar-refractivity contribution in [1.29, 1.82) is 0 Å². The Bertz CT molecular complexity index is 408. The van der Waals surface area contributed by atoms with Gasteiger partial charge < -0.3 is 19.6 Å². The number of rotatable bonds is 7. The van der Waals surface area contributed by atoms with E-state index in [1.54, 1.807) is 7.05 Å². The number of aromatic amines is 1. The third-order valence-electron chi connectivity index (χ3n) is 2.34. The number of nitrogens with zero attached hydrogens (tertiary/aromatic N) is 4. The molecule has 2 amide bonds. The SMILES string of the molecule is COCCN(CC(=O)O)C(=O)N(C)Cc1ncn[nH]1. The van der Waals surface area contributed by atoms with E-state index in [1.165, 1.54) is 23.2 Å². The number of hydrogen-bond acceptors (Lipinski definition) is 5. The van der Waals surface area contributed by atoms with E-state index in [-0.39, 0.29) is 26.2 Å². The molecular formula is C10H17N5O4. The van der Waals surface area contributed by atoms with Crippen molar-refractivity contribution < 1.29 is 19.4 Å². The summed E-state index contributed by atoms with van der Waals surface area (Å²) in [6.07, 6.45) is 1.34. The van der Waals surface area contributed by atoms with Crippen LogP contribution in [-0.4, -0.2) is 75.9 Å². The molecule has 0 spiro atoms. The molecule has 0 atom stereocenters. The minimum atomic E-state index is -1.07. The van der Waals surface area contributed by atoms with E-state index in [0.29, 0.717) is 5.82 Å². The molecular weight excluding hydrogens is 254 g/mol. The number of H-pyrrole nitrogens is 1. The standard InChI is InChI=1S/C10H17N5O4/c1-14(5-8-11-7-12-13-8)10(18)15(3-4-19-2)6-9(16)17/h7H,3-6H2,1-2H3,(H,16,17)(H,11,12,13). The molecule has 0 fully saturated rings. The van der Waals surface area contributed by atoms with Crippen molar-refractivity contribution in [3.05, 3.63) is 12.2 Å². The number of carboxylic acids is 1. The van der Waals surface area contributed by atoms with Gasteiger partial charge in [-0.2, -0.15) is 5.10 Å². The minimum Gasteiger partial charge on any atom is -0.480 e. The highest BCUT2D eigenvalue weighted by molar-refractivity contribution is 5.80. The molecule has 0 saturated carbocycles. The molecule has 0 bridgehead atoms. The smallest absolute Gasteiger partial charge is 0.323 e. The highest BCUT2D eigenvalue weighted by Gasteiger charge is 2.20. The number of nitrogens with one attached hydrogen (secondary N) is 1. The normalized spacial score (nSPS) is 10.2. The first-order chi connectivity index (χ1) is 9.04. The molecule has 0 aliphatic heterocycles. The second kappa shape index (κ2) is 7.31. The molecule has 0 radical (unpaired) electrons. The monoisotopic (exact) mass is 271 g/mol. The van der Waals surface area contributed by atoms with E-state index in [9.17, 15) is 9.59 Å². The molecule has 2 N–H and O–H groups in total. The van der Waals surface area contributed by atoms with Crippen molar-refractivity contribution in [1.82, 2.24) is 25.0 Å². The molecule has 1 aromatic rings. The number of aliphatic carboxylic acids is 1. The summed E-state index contributed by atoms with van der Waals surface area (Å²) in [7, 11) is 3.05. The molecule has 0 aliphatic carbocycles. The minimum absolute atomic E-state index is 0.211. The number of aromatic nitrogens is 3. The van der Waals surface area contributed by atoms with Gasteiger partial charge in [0.2, 0.25) is 0 Å². The highest BCUT2D eigenvalue weighted by atomic mass is 16.5. The van der Waals surface area contributed by atoms with Crippen LogP contribution in [0.4, 0.5) is 4.79 Å². The highest BCUT2D eigenvalue weighted by Crippen LogP contribution is 2.01. The maximum absolute atomic E-state index is 12.1. The number of methoxy groups -OCH3 is 1. The Morgan fingerprint density at radius 2 is 2.26 bits per heavy atom. The van der Waals surface area contributed by atoms with Gasteiger partial charge in [-0.25, -0.2) is 9.78 Å². The predicted molar refractivity (Wildman–Crippen MR) is 64.3 cm³/mol. The molecule has 1 heterocycles. The van der Waals surface area contributed by atoms with Crippen LogP contribution in [0.1, 0.15) is 5.82 Å². The van der Waals surface area contributed by atoms with Crippen molar-refractivity contribution in [3.8, 4) is 0 Å². The van der Waals surface area contributed by atoms with Gasteiger partial charge >= 0.3 is 12.0 Å². The molecule has 0 saturated heterocycles. The van der Waals surface area contributed by atoms with Gasteiger partial charge in [-0.15, -0.1) is 0 Å². The average molecular weight is 271 g/mol. The second-order valence-corrected chi connectivity index (χ2v) is 3.88. The number of urea groups is 1. The van der Waals surface area contributed by atoms with Crippen LogP contribution >= 0.6 is 0 Å². The number of ether oxygens (including phenoxy) is 1. The van der Waals surface area contributed by atoms with Crippen LogP contribution in [0.2, 0.25) is 0 Å². The Labute approximate surface area is 110 Å². The molecule has 0 aromatic carbocycles. The number of amides is 2. The molecule has 9 heteroatoms.